The Balaban J connectivity index is 1.62. The summed E-state index contributed by atoms with van der Waals surface area (Å²) in [4.78, 5) is 42.5. The number of carbonyl (C=O) groups excluding carboxylic acids is 3. The van der Waals surface area contributed by atoms with Crippen molar-refractivity contribution in [2.75, 3.05) is 24.7 Å². The van der Waals surface area contributed by atoms with Gasteiger partial charge in [0.25, 0.3) is 0 Å². The molecule has 1 fully saturated rings. The lowest BCUT2D eigenvalue weighted by Crippen LogP contribution is -2.47. The fourth-order valence-corrected chi connectivity index (χ4v) is 5.14. The molecule has 3 aromatic carbocycles. The van der Waals surface area contributed by atoms with Gasteiger partial charge in [0, 0.05) is 18.7 Å². The first-order valence-electron chi connectivity index (χ1n) is 13.9. The number of carbonyl (C=O) groups is 3. The molecule has 1 aromatic heterocycles. The van der Waals surface area contributed by atoms with Gasteiger partial charge in [0.15, 0.2) is 17.3 Å². The number of benzene rings is 3. The van der Waals surface area contributed by atoms with Crippen LogP contribution in [0.3, 0.4) is 0 Å². The Morgan fingerprint density at radius 2 is 1.93 bits per heavy atom. The topological polar surface area (TPSA) is 136 Å². The minimum Gasteiger partial charge on any atom is -0.504 e. The molecule has 0 radical (unpaired) electrons. The molecule has 1 saturated heterocycles. The minimum atomic E-state index is -1.23. The number of hydrogen-bond acceptors (Lipinski definition) is 8. The number of ether oxygens (including phenoxy) is 2. The molecule has 0 spiro atoms. The molecule has 0 aliphatic carbocycles. The number of hydrogen-bond donors (Lipinski definition) is 2. The van der Waals surface area contributed by atoms with Gasteiger partial charge in [-0.15, -0.1) is 5.10 Å². The minimum absolute atomic E-state index is 0.102. The monoisotopic (exact) mass is 571 g/mol. The Hall–Kier alpha value is -4.77. The second-order valence-corrected chi connectivity index (χ2v) is 10.0. The molecule has 11 heteroatoms. The average Bonchev–Trinajstić information content (AvgIpc) is 3.66. The maximum atomic E-state index is 14.3. The standard InChI is InChI=1S/C31H33N5O6/c1-3-41-28-17-21(14-15-27(28)38)30(31(40)32-18-22-9-8-16-42-22)36(25-12-6-4-10-23(25)20(2)37)29(39)19-35-26-13-7-5-11-24(26)33-34-35/h4-7,10-15,17,22,30,38H,3,8-9,16,18-19H2,1-2H3,(H,32,40)/t22-,30-/m0/s1. The molecule has 2 N–H and O–H groups in total. The maximum absolute atomic E-state index is 14.3. The van der Waals surface area contributed by atoms with Crippen molar-refractivity contribution >= 4 is 34.3 Å². The molecule has 5 rings (SSSR count). The summed E-state index contributed by atoms with van der Waals surface area (Å²) in [5, 5.41) is 21.7. The van der Waals surface area contributed by atoms with E-state index in [9.17, 15) is 19.5 Å². The van der Waals surface area contributed by atoms with E-state index >= 15 is 0 Å². The van der Waals surface area contributed by atoms with E-state index in [-0.39, 0.29) is 54.3 Å². The van der Waals surface area contributed by atoms with E-state index in [0.717, 1.165) is 12.8 Å². The molecule has 0 saturated carbocycles. The highest BCUT2D eigenvalue weighted by atomic mass is 16.5. The van der Waals surface area contributed by atoms with Gasteiger partial charge in [-0.2, -0.15) is 0 Å². The molecule has 0 bridgehead atoms. The number of anilines is 1. The number of phenols is 1. The predicted octanol–water partition coefficient (Wildman–Crippen LogP) is 3.81. The third-order valence-electron chi connectivity index (χ3n) is 7.15. The normalized spacial score (nSPS) is 15.3. The average molecular weight is 572 g/mol. The number of rotatable bonds is 11. The number of Topliss-reactive ketones (excluding diaryl/α,β-unsaturated/α-hetero) is 1. The molecule has 2 atom stereocenters. The van der Waals surface area contributed by atoms with Crippen LogP contribution in [0.15, 0.2) is 66.7 Å². The molecule has 42 heavy (non-hydrogen) atoms. The van der Waals surface area contributed by atoms with Gasteiger partial charge < -0.3 is 19.9 Å². The van der Waals surface area contributed by atoms with Gasteiger partial charge in [-0.05, 0) is 68.7 Å². The molecule has 11 nitrogen and oxygen atoms in total. The first-order valence-corrected chi connectivity index (χ1v) is 13.9. The van der Waals surface area contributed by atoms with E-state index < -0.39 is 17.9 Å². The SMILES string of the molecule is CCOc1cc([C@@H](C(=O)NC[C@@H]2CCCO2)N(C(=O)Cn2nnc3ccccc32)c2ccccc2C(C)=O)ccc1O. The zero-order valence-corrected chi connectivity index (χ0v) is 23.5. The Kier molecular flexibility index (Phi) is 8.77. The van der Waals surface area contributed by atoms with Gasteiger partial charge in [0.05, 0.1) is 23.9 Å². The van der Waals surface area contributed by atoms with Gasteiger partial charge in [-0.3, -0.25) is 19.3 Å². The fourth-order valence-electron chi connectivity index (χ4n) is 5.14. The van der Waals surface area contributed by atoms with Gasteiger partial charge in [0.1, 0.15) is 18.1 Å². The number of para-hydroxylation sites is 2. The highest BCUT2D eigenvalue weighted by molar-refractivity contribution is 6.08. The molecule has 2 amide bonds. The Labute approximate surface area is 243 Å². The summed E-state index contributed by atoms with van der Waals surface area (Å²) in [5.74, 6) is -1.18. The lowest BCUT2D eigenvalue weighted by Gasteiger charge is -2.33. The summed E-state index contributed by atoms with van der Waals surface area (Å²) in [5.41, 5.74) is 2.19. The van der Waals surface area contributed by atoms with Crippen molar-refractivity contribution in [2.45, 2.75) is 45.4 Å². The number of ketones is 1. The van der Waals surface area contributed by atoms with Crippen LogP contribution in [0.4, 0.5) is 5.69 Å². The molecule has 2 heterocycles. The molecule has 0 unspecified atom stereocenters. The van der Waals surface area contributed by atoms with Gasteiger partial charge in [-0.25, -0.2) is 4.68 Å². The first-order chi connectivity index (χ1) is 20.4. The van der Waals surface area contributed by atoms with E-state index in [1.807, 2.05) is 12.1 Å². The second-order valence-electron chi connectivity index (χ2n) is 10.0. The van der Waals surface area contributed by atoms with Crippen molar-refractivity contribution in [3.8, 4) is 11.5 Å². The van der Waals surface area contributed by atoms with E-state index in [0.29, 0.717) is 23.2 Å². The third-order valence-corrected chi connectivity index (χ3v) is 7.15. The smallest absolute Gasteiger partial charge is 0.249 e. The molecular formula is C31H33N5O6. The molecule has 4 aromatic rings. The summed E-state index contributed by atoms with van der Waals surface area (Å²) in [6.45, 7) is 4.10. The maximum Gasteiger partial charge on any atom is 0.249 e. The van der Waals surface area contributed by atoms with Crippen LogP contribution >= 0.6 is 0 Å². The van der Waals surface area contributed by atoms with Crippen LogP contribution in [0.1, 0.15) is 48.7 Å². The van der Waals surface area contributed by atoms with Crippen LogP contribution < -0.4 is 15.0 Å². The summed E-state index contributed by atoms with van der Waals surface area (Å²) in [6, 6.07) is 17.2. The van der Waals surface area contributed by atoms with Crippen LogP contribution in [0.25, 0.3) is 11.0 Å². The zero-order valence-electron chi connectivity index (χ0n) is 23.5. The highest BCUT2D eigenvalue weighted by Crippen LogP contribution is 2.36. The van der Waals surface area contributed by atoms with E-state index in [1.165, 1.54) is 28.6 Å². The van der Waals surface area contributed by atoms with Crippen LogP contribution in [0, 0.1) is 0 Å². The summed E-state index contributed by atoms with van der Waals surface area (Å²) < 4.78 is 12.8. The van der Waals surface area contributed by atoms with Crippen LogP contribution in [0.2, 0.25) is 0 Å². The number of nitrogens with zero attached hydrogens (tertiary/aromatic N) is 4. The van der Waals surface area contributed by atoms with E-state index in [4.69, 9.17) is 9.47 Å². The number of phenolic OH excluding ortho intramolecular Hbond substituents is 1. The first kappa shape index (κ1) is 28.7. The van der Waals surface area contributed by atoms with Crippen molar-refractivity contribution in [1.29, 1.82) is 0 Å². The van der Waals surface area contributed by atoms with Crippen LogP contribution in [0.5, 0.6) is 11.5 Å². The second kappa shape index (κ2) is 12.8. The van der Waals surface area contributed by atoms with Crippen molar-refractivity contribution in [3.05, 3.63) is 77.9 Å². The Bertz CT molecular complexity index is 1600. The largest absolute Gasteiger partial charge is 0.504 e. The van der Waals surface area contributed by atoms with E-state index in [2.05, 4.69) is 15.6 Å². The Morgan fingerprint density at radius 1 is 1.14 bits per heavy atom. The molecule has 218 valence electrons. The summed E-state index contributed by atoms with van der Waals surface area (Å²) in [7, 11) is 0. The number of amides is 2. The Morgan fingerprint density at radius 3 is 2.69 bits per heavy atom. The lowest BCUT2D eigenvalue weighted by atomic mass is 9.99. The highest BCUT2D eigenvalue weighted by Gasteiger charge is 2.36. The van der Waals surface area contributed by atoms with Crippen molar-refractivity contribution in [1.82, 2.24) is 20.3 Å². The van der Waals surface area contributed by atoms with Gasteiger partial charge in [0.2, 0.25) is 11.8 Å². The predicted molar refractivity (Wildman–Crippen MR) is 155 cm³/mol. The van der Waals surface area contributed by atoms with Crippen LogP contribution in [-0.4, -0.2) is 63.6 Å². The van der Waals surface area contributed by atoms with E-state index in [1.54, 1.807) is 49.4 Å². The van der Waals surface area contributed by atoms with Crippen molar-refractivity contribution < 1.29 is 29.0 Å². The number of aromatic hydroxyl groups is 1. The lowest BCUT2D eigenvalue weighted by molar-refractivity contribution is -0.127. The molecule has 1 aliphatic rings. The fraction of sp³-hybridized carbons (Fsp3) is 0.323. The molecular weight excluding hydrogens is 538 g/mol. The number of aromatic nitrogens is 3. The quantitative estimate of drug-likeness (QED) is 0.260. The number of nitrogens with one attached hydrogen (secondary N) is 1. The van der Waals surface area contributed by atoms with Crippen molar-refractivity contribution in [3.63, 3.8) is 0 Å². The van der Waals surface area contributed by atoms with Crippen molar-refractivity contribution in [2.24, 2.45) is 0 Å². The van der Waals surface area contributed by atoms with Gasteiger partial charge in [-0.1, -0.05) is 35.5 Å². The van der Waals surface area contributed by atoms with Crippen LogP contribution in [-0.2, 0) is 20.9 Å². The third kappa shape index (κ3) is 6.10. The summed E-state index contributed by atoms with van der Waals surface area (Å²) >= 11 is 0. The van der Waals surface area contributed by atoms with Gasteiger partial charge >= 0.3 is 0 Å². The summed E-state index contributed by atoms with van der Waals surface area (Å²) in [6.07, 6.45) is 1.58. The number of fused-ring (bicyclic) bond motifs is 1. The molecule has 1 aliphatic heterocycles. The zero-order chi connectivity index (χ0) is 29.6.